The maximum absolute atomic E-state index is 8.07. The smallest absolute Gasteiger partial charge is 0.0430 e. The molecule has 25 heavy (non-hydrogen) atoms. The Morgan fingerprint density at radius 3 is 1.48 bits per heavy atom. The molecule has 0 heterocycles. The van der Waals surface area contributed by atoms with Gasteiger partial charge < -0.3 is 15.3 Å². The average molecular weight is 385 g/mol. The van der Waals surface area contributed by atoms with Gasteiger partial charge in [-0.05, 0) is 19.3 Å². The zero-order valence-electron chi connectivity index (χ0n) is 16.2. The average Bonchev–Trinajstić information content (AvgIpc) is 3.07. The van der Waals surface area contributed by atoms with Crippen molar-refractivity contribution in [2.24, 2.45) is 0 Å². The summed E-state index contributed by atoms with van der Waals surface area (Å²) in [6.45, 7) is 7.19. The molecule has 0 saturated heterocycles. The number of hydrogen-bond donors (Lipinski definition) is 3. The molecule has 0 aliphatic carbocycles. The zero-order chi connectivity index (χ0) is 18.5. The van der Waals surface area contributed by atoms with E-state index >= 15 is 0 Å². The largest absolute Gasteiger partial charge is 0.396 e. The van der Waals surface area contributed by atoms with Crippen LogP contribution < -0.4 is 0 Å². The quantitative estimate of drug-likeness (QED) is 0.490. The van der Waals surface area contributed by atoms with E-state index in [1.807, 2.05) is 0 Å². The van der Waals surface area contributed by atoms with E-state index in [2.05, 4.69) is 63.2 Å². The molecule has 0 bridgehead atoms. The van der Waals surface area contributed by atoms with Gasteiger partial charge in [-0.2, -0.15) is 17.5 Å². The topological polar surface area (TPSA) is 60.7 Å². The standard InChI is InChI=1S/C9H7.3C4H10O.Ti/c1-2-5-9-7-3-6-8(9)4-1;3*1-2-3-4-5;/h1-7H;3*5H,2-4H2,1H3;/q-1;;;;. The molecule has 2 rings (SSSR count). The predicted molar refractivity (Wildman–Crippen MR) is 106 cm³/mol. The van der Waals surface area contributed by atoms with E-state index in [9.17, 15) is 0 Å². The second-order valence-corrected chi connectivity index (χ2v) is 5.39. The molecular formula is C21H37O3Ti-. The van der Waals surface area contributed by atoms with E-state index in [0.29, 0.717) is 19.8 Å². The maximum atomic E-state index is 8.07. The van der Waals surface area contributed by atoms with E-state index in [1.54, 1.807) is 0 Å². The predicted octanol–water partition coefficient (Wildman–Crippen LogP) is 4.89. The van der Waals surface area contributed by atoms with Crippen LogP contribution in [0.4, 0.5) is 0 Å². The van der Waals surface area contributed by atoms with Crippen molar-refractivity contribution in [3.05, 3.63) is 42.5 Å². The Morgan fingerprint density at radius 2 is 1.16 bits per heavy atom. The molecule has 0 saturated carbocycles. The van der Waals surface area contributed by atoms with Crippen molar-refractivity contribution < 1.29 is 37.0 Å². The van der Waals surface area contributed by atoms with Crippen LogP contribution in [0.3, 0.4) is 0 Å². The van der Waals surface area contributed by atoms with Crippen molar-refractivity contribution in [3.8, 4) is 0 Å². The molecule has 0 unspecified atom stereocenters. The van der Waals surface area contributed by atoms with Crippen LogP contribution in [-0.2, 0) is 21.7 Å². The fourth-order valence-electron chi connectivity index (χ4n) is 1.54. The Balaban J connectivity index is -0.000000269. The second-order valence-electron chi connectivity index (χ2n) is 5.39. The first kappa shape index (κ1) is 29.2. The third kappa shape index (κ3) is 21.4. The summed E-state index contributed by atoms with van der Waals surface area (Å²) < 4.78 is 0. The minimum atomic E-state index is 0. The number of benzene rings is 1. The second kappa shape index (κ2) is 25.7. The summed E-state index contributed by atoms with van der Waals surface area (Å²) in [5.41, 5.74) is 0. The fourth-order valence-corrected chi connectivity index (χ4v) is 1.54. The van der Waals surface area contributed by atoms with Gasteiger partial charge in [-0.25, -0.2) is 0 Å². The molecule has 0 amide bonds. The molecule has 144 valence electrons. The summed E-state index contributed by atoms with van der Waals surface area (Å²) in [7, 11) is 0. The molecule has 0 spiro atoms. The first-order valence-corrected chi connectivity index (χ1v) is 9.14. The van der Waals surface area contributed by atoms with Crippen molar-refractivity contribution in [2.75, 3.05) is 19.8 Å². The Kier molecular flexibility index (Phi) is 30.0. The van der Waals surface area contributed by atoms with Gasteiger partial charge >= 0.3 is 0 Å². The molecule has 3 N–H and O–H groups in total. The van der Waals surface area contributed by atoms with Gasteiger partial charge in [0.15, 0.2) is 0 Å². The van der Waals surface area contributed by atoms with E-state index in [4.69, 9.17) is 15.3 Å². The van der Waals surface area contributed by atoms with E-state index in [-0.39, 0.29) is 21.7 Å². The van der Waals surface area contributed by atoms with Crippen molar-refractivity contribution in [1.29, 1.82) is 0 Å². The van der Waals surface area contributed by atoms with Gasteiger partial charge in [0.25, 0.3) is 0 Å². The van der Waals surface area contributed by atoms with Gasteiger partial charge in [-0.15, -0.1) is 29.7 Å². The van der Waals surface area contributed by atoms with E-state index in [1.165, 1.54) is 10.8 Å². The van der Waals surface area contributed by atoms with Crippen LogP contribution in [0, 0.1) is 0 Å². The number of aliphatic hydroxyl groups excluding tert-OH is 3. The third-order valence-corrected chi connectivity index (χ3v) is 3.08. The molecule has 0 radical (unpaired) electrons. The number of rotatable bonds is 6. The molecule has 4 heteroatoms. The van der Waals surface area contributed by atoms with Crippen LogP contribution in [0.25, 0.3) is 10.8 Å². The third-order valence-electron chi connectivity index (χ3n) is 3.08. The van der Waals surface area contributed by atoms with Gasteiger partial charge in [0, 0.05) is 41.5 Å². The maximum Gasteiger partial charge on any atom is 0.0430 e. The van der Waals surface area contributed by atoms with Gasteiger partial charge in [0.2, 0.25) is 0 Å². The van der Waals surface area contributed by atoms with Crippen LogP contribution in [0.1, 0.15) is 59.3 Å². The molecule has 0 aliphatic rings. The minimum Gasteiger partial charge on any atom is -0.396 e. The number of fused-ring (bicyclic) bond motifs is 1. The first-order chi connectivity index (χ1) is 11.7. The Hall–Kier alpha value is -0.576. The molecule has 0 atom stereocenters. The van der Waals surface area contributed by atoms with Gasteiger partial charge in [-0.1, -0.05) is 46.1 Å². The van der Waals surface area contributed by atoms with Crippen LogP contribution in [0.2, 0.25) is 0 Å². The summed E-state index contributed by atoms with van der Waals surface area (Å²) in [5, 5.41) is 26.9. The van der Waals surface area contributed by atoms with Crippen LogP contribution in [0.5, 0.6) is 0 Å². The van der Waals surface area contributed by atoms with Crippen LogP contribution in [0.15, 0.2) is 42.5 Å². The molecule has 0 aromatic heterocycles. The van der Waals surface area contributed by atoms with Crippen molar-refractivity contribution in [2.45, 2.75) is 59.3 Å². The Morgan fingerprint density at radius 1 is 0.720 bits per heavy atom. The Bertz CT molecular complexity index is 393. The summed E-state index contributed by atoms with van der Waals surface area (Å²) in [5.74, 6) is 0. The summed E-state index contributed by atoms with van der Waals surface area (Å²) in [6.07, 6.45) is 6.11. The van der Waals surface area contributed by atoms with Gasteiger partial charge in [-0.3, -0.25) is 0 Å². The van der Waals surface area contributed by atoms with Crippen LogP contribution >= 0.6 is 0 Å². The van der Waals surface area contributed by atoms with Crippen molar-refractivity contribution >= 4 is 10.8 Å². The molecule has 0 aliphatic heterocycles. The van der Waals surface area contributed by atoms with Crippen LogP contribution in [-0.4, -0.2) is 35.1 Å². The molecule has 2 aromatic rings. The summed E-state index contributed by atoms with van der Waals surface area (Å²) in [6, 6.07) is 14.7. The minimum absolute atomic E-state index is 0. The van der Waals surface area contributed by atoms with Gasteiger partial charge in [0.1, 0.15) is 0 Å². The van der Waals surface area contributed by atoms with E-state index < -0.39 is 0 Å². The number of hydrogen-bond acceptors (Lipinski definition) is 3. The first-order valence-electron chi connectivity index (χ1n) is 9.14. The molecule has 0 fully saturated rings. The SMILES string of the molecule is CCCCO.CCCCO.CCCCO.[Ti].c1ccc2[cH-]ccc2c1. The van der Waals surface area contributed by atoms with E-state index in [0.717, 1.165) is 38.5 Å². The van der Waals surface area contributed by atoms with Gasteiger partial charge in [0.05, 0.1) is 0 Å². The number of aliphatic hydroxyl groups is 3. The summed E-state index contributed by atoms with van der Waals surface area (Å²) >= 11 is 0. The molecular weight excluding hydrogens is 348 g/mol. The van der Waals surface area contributed by atoms with Crippen molar-refractivity contribution in [1.82, 2.24) is 0 Å². The van der Waals surface area contributed by atoms with Crippen molar-refractivity contribution in [3.63, 3.8) is 0 Å². The normalized spacial score (nSPS) is 8.72. The number of unbranched alkanes of at least 4 members (excludes halogenated alkanes) is 3. The fraction of sp³-hybridized carbons (Fsp3) is 0.571. The Labute approximate surface area is 169 Å². The zero-order valence-corrected chi connectivity index (χ0v) is 17.8. The summed E-state index contributed by atoms with van der Waals surface area (Å²) in [4.78, 5) is 0. The monoisotopic (exact) mass is 385 g/mol. The molecule has 2 aromatic carbocycles. The molecule has 3 nitrogen and oxygen atoms in total.